The van der Waals surface area contributed by atoms with Crippen LogP contribution in [-0.2, 0) is 11.2 Å². The molecule has 0 spiro atoms. The van der Waals surface area contributed by atoms with Gasteiger partial charge in [0.1, 0.15) is 0 Å². The van der Waals surface area contributed by atoms with Gasteiger partial charge in [-0.05, 0) is 48.7 Å². The summed E-state index contributed by atoms with van der Waals surface area (Å²) >= 11 is 5.99. The molecule has 0 aliphatic heterocycles. The highest BCUT2D eigenvalue weighted by Crippen LogP contribution is 2.22. The van der Waals surface area contributed by atoms with Crippen molar-refractivity contribution in [3.8, 4) is 0 Å². The monoisotopic (exact) mass is 513 g/mol. The zero-order valence-electron chi connectivity index (χ0n) is 19.4. The van der Waals surface area contributed by atoms with Crippen molar-refractivity contribution in [2.24, 2.45) is 0 Å². The number of fused-ring (bicyclic) bond motifs is 1. The number of aliphatic hydroxyl groups excluding tert-OH is 1. The first-order chi connectivity index (χ1) is 16.3. The number of carbonyl (C=O) groups is 2. The van der Waals surface area contributed by atoms with Gasteiger partial charge in [-0.2, -0.15) is 13.2 Å². The van der Waals surface area contributed by atoms with Gasteiger partial charge in [0.25, 0.3) is 5.91 Å². The Kier molecular flexibility index (Phi) is 9.70. The minimum Gasteiger partial charge on any atom is -0.475 e. The number of hydrogen-bond acceptors (Lipinski definition) is 4. The van der Waals surface area contributed by atoms with Gasteiger partial charge in [0.2, 0.25) is 0 Å². The van der Waals surface area contributed by atoms with Crippen molar-refractivity contribution in [1.29, 1.82) is 0 Å². The van der Waals surface area contributed by atoms with Crippen LogP contribution in [0.3, 0.4) is 0 Å². The summed E-state index contributed by atoms with van der Waals surface area (Å²) in [4.78, 5) is 25.9. The number of aromatic amines is 1. The van der Waals surface area contributed by atoms with Crippen LogP contribution < -0.4 is 5.32 Å². The Morgan fingerprint density at radius 2 is 1.83 bits per heavy atom. The molecule has 2 aromatic carbocycles. The summed E-state index contributed by atoms with van der Waals surface area (Å²) in [7, 11) is 3.50. The second-order valence-electron chi connectivity index (χ2n) is 8.16. The number of H-pyrrole nitrogens is 1. The lowest BCUT2D eigenvalue weighted by Gasteiger charge is -2.17. The van der Waals surface area contributed by atoms with E-state index in [9.17, 15) is 23.1 Å². The number of carbonyl (C=O) groups excluding carboxylic acids is 1. The zero-order valence-corrected chi connectivity index (χ0v) is 20.1. The van der Waals surface area contributed by atoms with Gasteiger partial charge >= 0.3 is 12.1 Å². The Morgan fingerprint density at radius 3 is 2.40 bits per heavy atom. The van der Waals surface area contributed by atoms with Crippen molar-refractivity contribution < 1.29 is 33.0 Å². The van der Waals surface area contributed by atoms with E-state index in [1.807, 2.05) is 36.5 Å². The summed E-state index contributed by atoms with van der Waals surface area (Å²) in [6.07, 6.45) is -2.90. The number of alkyl halides is 3. The fourth-order valence-corrected chi connectivity index (χ4v) is 3.49. The highest BCUT2D eigenvalue weighted by atomic mass is 35.5. The normalized spacial score (nSPS) is 13.0. The van der Waals surface area contributed by atoms with Gasteiger partial charge in [0.05, 0.1) is 6.10 Å². The highest BCUT2D eigenvalue weighted by molar-refractivity contribution is 6.30. The molecular formula is C24H27ClF3N3O4. The molecule has 35 heavy (non-hydrogen) atoms. The van der Waals surface area contributed by atoms with Crippen molar-refractivity contribution in [2.75, 3.05) is 20.6 Å². The van der Waals surface area contributed by atoms with Crippen LogP contribution >= 0.6 is 11.6 Å². The van der Waals surface area contributed by atoms with E-state index in [1.54, 1.807) is 31.1 Å². The maximum Gasteiger partial charge on any atom is 0.490 e. The van der Waals surface area contributed by atoms with E-state index in [4.69, 9.17) is 21.5 Å². The molecule has 0 radical (unpaired) electrons. The lowest BCUT2D eigenvalue weighted by molar-refractivity contribution is -0.192. The van der Waals surface area contributed by atoms with Gasteiger partial charge in [0.15, 0.2) is 0 Å². The average Bonchev–Trinajstić information content (AvgIpc) is 3.18. The molecule has 190 valence electrons. The average molecular weight is 514 g/mol. The van der Waals surface area contributed by atoms with Gasteiger partial charge in [-0.1, -0.05) is 29.8 Å². The van der Waals surface area contributed by atoms with Crippen LogP contribution in [0.4, 0.5) is 13.2 Å². The zero-order chi connectivity index (χ0) is 26.3. The Balaban J connectivity index is 0.000000540. The Morgan fingerprint density at radius 1 is 1.17 bits per heavy atom. The first-order valence-corrected chi connectivity index (χ1v) is 11.0. The van der Waals surface area contributed by atoms with Gasteiger partial charge in [-0.3, -0.25) is 4.79 Å². The van der Waals surface area contributed by atoms with Crippen LogP contribution in [0.2, 0.25) is 5.02 Å². The molecule has 1 aromatic heterocycles. The van der Waals surface area contributed by atoms with Crippen molar-refractivity contribution in [1.82, 2.24) is 15.2 Å². The molecule has 3 rings (SSSR count). The fraction of sp³-hybridized carbons (Fsp3) is 0.333. The van der Waals surface area contributed by atoms with Crippen LogP contribution in [-0.4, -0.2) is 64.8 Å². The molecular weight excluding hydrogens is 487 g/mol. The number of hydrogen-bond donors (Lipinski definition) is 4. The van der Waals surface area contributed by atoms with Crippen molar-refractivity contribution in [3.05, 3.63) is 70.4 Å². The second kappa shape index (κ2) is 12.1. The summed E-state index contributed by atoms with van der Waals surface area (Å²) < 4.78 is 31.7. The Bertz CT molecular complexity index is 1160. The predicted molar refractivity (Wildman–Crippen MR) is 128 cm³/mol. The molecule has 4 N–H and O–H groups in total. The van der Waals surface area contributed by atoms with Crippen LogP contribution in [0.1, 0.15) is 34.5 Å². The number of carboxylic acids is 1. The molecule has 7 nitrogen and oxygen atoms in total. The third-order valence-electron chi connectivity index (χ3n) is 5.08. The van der Waals surface area contributed by atoms with E-state index in [0.717, 1.165) is 22.9 Å². The minimum atomic E-state index is -5.08. The van der Waals surface area contributed by atoms with Gasteiger partial charge in [0, 0.05) is 54.4 Å². The van der Waals surface area contributed by atoms with Crippen LogP contribution in [0.5, 0.6) is 0 Å². The van der Waals surface area contributed by atoms with Gasteiger partial charge in [-0.25, -0.2) is 4.79 Å². The summed E-state index contributed by atoms with van der Waals surface area (Å²) in [5.41, 5.74) is 3.60. The van der Waals surface area contributed by atoms with Gasteiger partial charge in [-0.15, -0.1) is 0 Å². The Labute approximate surface area is 205 Å². The lowest BCUT2D eigenvalue weighted by atomic mass is 10.0. The summed E-state index contributed by atoms with van der Waals surface area (Å²) in [5, 5.41) is 22.6. The first-order valence-electron chi connectivity index (χ1n) is 10.6. The fourth-order valence-electron chi connectivity index (χ4n) is 3.29. The van der Waals surface area contributed by atoms with E-state index < -0.39 is 18.2 Å². The predicted octanol–water partition coefficient (Wildman–Crippen LogP) is 4.41. The molecule has 0 aliphatic carbocycles. The number of halogens is 4. The standard InChI is InChI=1S/C22H26ClN3O2.C2HF3O2/c1-14(24-13-21(27)15-5-4-6-18(23)10-15)9-17-12-25-20-11-16(7-8-19(17)20)22(28)26(2)3;3-2(4,5)1(6)7/h4-8,10-12,14,21,24-25,27H,9,13H2,1-3H3;(H,6,7)/t14-,21+;/m1./s1. The topological polar surface area (TPSA) is 106 Å². The van der Waals surface area contributed by atoms with E-state index in [0.29, 0.717) is 17.1 Å². The number of benzene rings is 2. The molecule has 1 amide bonds. The second-order valence-corrected chi connectivity index (χ2v) is 8.60. The molecule has 0 fully saturated rings. The molecule has 3 aromatic rings. The summed E-state index contributed by atoms with van der Waals surface area (Å²) in [5.74, 6) is -2.77. The van der Waals surface area contributed by atoms with Crippen molar-refractivity contribution in [2.45, 2.75) is 31.7 Å². The molecule has 2 atom stereocenters. The smallest absolute Gasteiger partial charge is 0.475 e. The number of nitrogens with zero attached hydrogens (tertiary/aromatic N) is 1. The van der Waals surface area contributed by atoms with Crippen molar-refractivity contribution >= 4 is 34.4 Å². The number of aliphatic hydroxyl groups is 1. The Hall–Kier alpha value is -3.08. The van der Waals surface area contributed by atoms with E-state index >= 15 is 0 Å². The summed E-state index contributed by atoms with van der Waals surface area (Å²) in [6, 6.07) is 13.2. The minimum absolute atomic E-state index is 0.0110. The van der Waals surface area contributed by atoms with Gasteiger partial charge < -0.3 is 25.4 Å². The maximum absolute atomic E-state index is 12.1. The third kappa shape index (κ3) is 8.27. The third-order valence-corrected chi connectivity index (χ3v) is 5.32. The molecule has 11 heteroatoms. The molecule has 0 unspecified atom stereocenters. The lowest BCUT2D eigenvalue weighted by Crippen LogP contribution is -2.32. The number of rotatable bonds is 7. The largest absolute Gasteiger partial charge is 0.490 e. The summed E-state index contributed by atoms with van der Waals surface area (Å²) in [6.45, 7) is 2.54. The first kappa shape index (κ1) is 28.2. The maximum atomic E-state index is 12.1. The SMILES string of the molecule is C[C@H](Cc1c[nH]c2cc(C(=O)N(C)C)ccc12)NC[C@H](O)c1cccc(Cl)c1.O=C(O)C(F)(F)F. The number of aliphatic carboxylic acids is 1. The van der Waals surface area contributed by atoms with Crippen molar-refractivity contribution in [3.63, 3.8) is 0 Å². The van der Waals surface area contributed by atoms with Crippen LogP contribution in [0, 0.1) is 0 Å². The van der Waals surface area contributed by atoms with Crippen LogP contribution in [0.15, 0.2) is 48.7 Å². The number of amides is 1. The molecule has 0 bridgehead atoms. The molecule has 0 saturated heterocycles. The van der Waals surface area contributed by atoms with E-state index in [-0.39, 0.29) is 11.9 Å². The molecule has 1 heterocycles. The number of aromatic nitrogens is 1. The molecule has 0 saturated carbocycles. The number of nitrogens with one attached hydrogen (secondary N) is 2. The molecule has 0 aliphatic rings. The highest BCUT2D eigenvalue weighted by Gasteiger charge is 2.38. The number of carboxylic acid groups (broad SMARTS) is 1. The van der Waals surface area contributed by atoms with E-state index in [1.165, 1.54) is 5.56 Å². The van der Waals surface area contributed by atoms with Crippen LogP contribution in [0.25, 0.3) is 10.9 Å². The van der Waals surface area contributed by atoms with E-state index in [2.05, 4.69) is 17.2 Å². The quantitative estimate of drug-likeness (QED) is 0.374.